The van der Waals surface area contributed by atoms with Gasteiger partial charge in [0, 0.05) is 0 Å². The Labute approximate surface area is 153 Å². The molecule has 1 aliphatic carbocycles. The van der Waals surface area contributed by atoms with E-state index in [0.29, 0.717) is 11.4 Å². The topological polar surface area (TPSA) is 103 Å². The maximum absolute atomic E-state index is 12.3. The van der Waals surface area contributed by atoms with Gasteiger partial charge in [-0.15, -0.1) is 0 Å². The minimum Gasteiger partial charge on any atom is -0.377 e. The molecule has 3 N–H and O–H groups in total. The van der Waals surface area contributed by atoms with E-state index in [-0.39, 0.29) is 0 Å². The van der Waals surface area contributed by atoms with Crippen LogP contribution in [-0.4, -0.2) is 35.9 Å². The molecule has 138 valence electrons. The predicted octanol–water partition coefficient (Wildman–Crippen LogP) is 3.09. The van der Waals surface area contributed by atoms with E-state index in [1.807, 2.05) is 20.8 Å². The summed E-state index contributed by atoms with van der Waals surface area (Å²) in [6.45, 7) is 14.6. The molecular formula is C19H26N6O. The molecule has 0 fully saturated rings. The minimum absolute atomic E-state index is 0.446. The van der Waals surface area contributed by atoms with Crippen molar-refractivity contribution in [3.05, 3.63) is 58.2 Å². The average Bonchev–Trinajstić information content (AvgIpc) is 3.33. The van der Waals surface area contributed by atoms with Crippen LogP contribution in [-0.2, 0) is 11.0 Å². The number of nitrogens with zero attached hydrogens (tertiary/aromatic N) is 4. The van der Waals surface area contributed by atoms with Gasteiger partial charge in [-0.25, -0.2) is 0 Å². The number of hydrogen-bond donors (Lipinski definition) is 3. The second-order valence-corrected chi connectivity index (χ2v) is 7.02. The molecule has 26 heavy (non-hydrogen) atoms. The highest BCUT2D eigenvalue weighted by Gasteiger charge is 2.61. The predicted molar refractivity (Wildman–Crippen MR) is 99.1 cm³/mol. The first-order valence-electron chi connectivity index (χ1n) is 8.82. The van der Waals surface area contributed by atoms with E-state index < -0.39 is 11.0 Å². The lowest BCUT2D eigenvalue weighted by Crippen LogP contribution is -2.55. The second-order valence-electron chi connectivity index (χ2n) is 7.02. The van der Waals surface area contributed by atoms with Crippen molar-refractivity contribution in [2.24, 2.45) is 0 Å². The van der Waals surface area contributed by atoms with Crippen molar-refractivity contribution >= 4 is 0 Å². The molecule has 7 nitrogen and oxygen atoms in total. The van der Waals surface area contributed by atoms with Crippen molar-refractivity contribution < 1.29 is 5.11 Å². The molecule has 0 aliphatic heterocycles. The summed E-state index contributed by atoms with van der Waals surface area (Å²) in [4.78, 5) is 0. The van der Waals surface area contributed by atoms with Crippen LogP contribution in [0, 0.1) is 0 Å². The van der Waals surface area contributed by atoms with E-state index in [1.165, 1.54) is 0 Å². The Hall–Kier alpha value is -2.54. The fourth-order valence-corrected chi connectivity index (χ4v) is 4.38. The number of hydrogen-bond acceptors (Lipinski definition) is 5. The van der Waals surface area contributed by atoms with Crippen LogP contribution in [0.1, 0.15) is 58.8 Å². The van der Waals surface area contributed by atoms with Crippen LogP contribution in [0.4, 0.5) is 0 Å². The SMILES string of the molecule is C=C(CCC)C1(c2cn[nH]n2)C(C)=C(C)C(C)=C(C)C1(O)c1cn[nH]n1. The lowest BCUT2D eigenvalue weighted by atomic mass is 9.53. The molecule has 0 saturated heterocycles. The van der Waals surface area contributed by atoms with Crippen LogP contribution < -0.4 is 0 Å². The molecule has 0 bridgehead atoms. The molecule has 2 unspecified atom stereocenters. The van der Waals surface area contributed by atoms with Gasteiger partial charge in [0.1, 0.15) is 17.0 Å². The van der Waals surface area contributed by atoms with Gasteiger partial charge in [-0.05, 0) is 50.8 Å². The zero-order valence-electron chi connectivity index (χ0n) is 16.0. The molecule has 0 amide bonds. The van der Waals surface area contributed by atoms with Crippen molar-refractivity contribution in [3.8, 4) is 0 Å². The van der Waals surface area contributed by atoms with E-state index in [9.17, 15) is 5.11 Å². The summed E-state index contributed by atoms with van der Waals surface area (Å²) in [7, 11) is 0. The highest BCUT2D eigenvalue weighted by molar-refractivity contribution is 5.61. The van der Waals surface area contributed by atoms with Gasteiger partial charge < -0.3 is 5.11 Å². The summed E-state index contributed by atoms with van der Waals surface area (Å²) >= 11 is 0. The first-order chi connectivity index (χ1) is 12.3. The van der Waals surface area contributed by atoms with E-state index in [2.05, 4.69) is 51.2 Å². The summed E-state index contributed by atoms with van der Waals surface area (Å²) < 4.78 is 0. The van der Waals surface area contributed by atoms with Crippen LogP contribution in [0.15, 0.2) is 46.8 Å². The number of aromatic amines is 2. The molecule has 2 aromatic heterocycles. The summed E-state index contributed by atoms with van der Waals surface area (Å²) in [5, 5.41) is 34.2. The summed E-state index contributed by atoms with van der Waals surface area (Å²) in [6.07, 6.45) is 4.88. The molecule has 3 rings (SSSR count). The van der Waals surface area contributed by atoms with Crippen LogP contribution in [0.25, 0.3) is 0 Å². The van der Waals surface area contributed by atoms with E-state index in [4.69, 9.17) is 0 Å². The molecule has 0 radical (unpaired) electrons. The third-order valence-electron chi connectivity index (χ3n) is 6.00. The standard InChI is InChI=1S/C19H26N6O/c1-7-8-11(2)18(16-9-20-24-22-16)14(5)12(3)13(4)15(6)19(18,26)17-10-21-25-23-17/h9-10,26H,2,7-8H2,1,3-6H3,(H,20,22,24)(H,21,23,25). The molecule has 0 spiro atoms. The Bertz CT molecular complexity index is 877. The van der Waals surface area contributed by atoms with Gasteiger partial charge in [-0.3, -0.25) is 0 Å². The third kappa shape index (κ3) is 2.10. The Morgan fingerprint density at radius 1 is 1.00 bits per heavy atom. The number of nitrogens with one attached hydrogen (secondary N) is 2. The molecule has 7 heteroatoms. The average molecular weight is 354 g/mol. The Morgan fingerprint density at radius 2 is 1.54 bits per heavy atom. The smallest absolute Gasteiger partial charge is 0.150 e. The van der Waals surface area contributed by atoms with Crippen molar-refractivity contribution in [2.75, 3.05) is 0 Å². The Morgan fingerprint density at radius 3 is 2.04 bits per heavy atom. The Kier molecular flexibility index (Phi) is 4.44. The highest BCUT2D eigenvalue weighted by Crippen LogP contribution is 2.59. The van der Waals surface area contributed by atoms with E-state index in [0.717, 1.165) is 40.7 Å². The van der Waals surface area contributed by atoms with E-state index in [1.54, 1.807) is 12.4 Å². The molecule has 0 aromatic carbocycles. The van der Waals surface area contributed by atoms with Gasteiger partial charge in [0.2, 0.25) is 0 Å². The lowest BCUT2D eigenvalue weighted by molar-refractivity contribution is 0.00960. The normalized spacial score (nSPS) is 26.5. The lowest BCUT2D eigenvalue weighted by Gasteiger charge is -2.51. The van der Waals surface area contributed by atoms with Gasteiger partial charge in [-0.2, -0.15) is 30.8 Å². The fourth-order valence-electron chi connectivity index (χ4n) is 4.38. The third-order valence-corrected chi connectivity index (χ3v) is 6.00. The highest BCUT2D eigenvalue weighted by atomic mass is 16.3. The summed E-state index contributed by atoms with van der Waals surface area (Å²) in [6, 6.07) is 0. The largest absolute Gasteiger partial charge is 0.377 e. The number of aromatic nitrogens is 6. The number of H-pyrrole nitrogens is 2. The quantitative estimate of drug-likeness (QED) is 0.716. The van der Waals surface area contributed by atoms with Crippen LogP contribution in [0.5, 0.6) is 0 Å². The fraction of sp³-hybridized carbons (Fsp3) is 0.474. The number of rotatable bonds is 5. The molecular weight excluding hydrogens is 328 g/mol. The van der Waals surface area contributed by atoms with Gasteiger partial charge >= 0.3 is 0 Å². The molecule has 0 saturated carbocycles. The number of allylic oxidation sites excluding steroid dienone is 2. The maximum Gasteiger partial charge on any atom is 0.150 e. The van der Waals surface area contributed by atoms with Gasteiger partial charge in [0.25, 0.3) is 0 Å². The molecule has 2 atom stereocenters. The van der Waals surface area contributed by atoms with Crippen molar-refractivity contribution in [2.45, 2.75) is 58.5 Å². The second kappa shape index (κ2) is 6.32. The van der Waals surface area contributed by atoms with Gasteiger partial charge in [0.05, 0.1) is 17.8 Å². The van der Waals surface area contributed by atoms with Crippen LogP contribution in [0.2, 0.25) is 0 Å². The molecule has 2 heterocycles. The van der Waals surface area contributed by atoms with Crippen molar-refractivity contribution in [1.29, 1.82) is 0 Å². The first kappa shape index (κ1) is 18.3. The van der Waals surface area contributed by atoms with Gasteiger partial charge in [0.15, 0.2) is 0 Å². The maximum atomic E-state index is 12.3. The monoisotopic (exact) mass is 354 g/mol. The summed E-state index contributed by atoms with van der Waals surface area (Å²) in [5.74, 6) is 0. The minimum atomic E-state index is -1.46. The van der Waals surface area contributed by atoms with Crippen molar-refractivity contribution in [3.63, 3.8) is 0 Å². The zero-order chi connectivity index (χ0) is 19.1. The Balaban J connectivity index is 2.47. The first-order valence-corrected chi connectivity index (χ1v) is 8.82. The van der Waals surface area contributed by atoms with Crippen LogP contribution >= 0.6 is 0 Å². The molecule has 2 aromatic rings. The zero-order valence-corrected chi connectivity index (χ0v) is 16.0. The molecule has 1 aliphatic rings. The number of aliphatic hydroxyl groups is 1. The summed E-state index contributed by atoms with van der Waals surface area (Å²) in [5.41, 5.74) is 3.49. The van der Waals surface area contributed by atoms with E-state index >= 15 is 0 Å². The van der Waals surface area contributed by atoms with Gasteiger partial charge in [-0.1, -0.05) is 31.1 Å². The van der Waals surface area contributed by atoms with Crippen LogP contribution in [0.3, 0.4) is 0 Å². The van der Waals surface area contributed by atoms with Crippen molar-refractivity contribution in [1.82, 2.24) is 30.8 Å².